The van der Waals surface area contributed by atoms with E-state index in [1.54, 1.807) is 13.8 Å². The Morgan fingerprint density at radius 2 is 1.20 bits per heavy atom. The lowest BCUT2D eigenvalue weighted by Crippen LogP contribution is -2.57. The molecule has 0 aromatic heterocycles. The van der Waals surface area contributed by atoms with Crippen LogP contribution in [0.15, 0.2) is 0 Å². The van der Waals surface area contributed by atoms with Gasteiger partial charge in [0, 0.05) is 12.8 Å². The summed E-state index contributed by atoms with van der Waals surface area (Å²) in [6.45, 7) is 3.61. The minimum absolute atomic E-state index is 0.170. The number of nitrogens with one attached hydrogen (secondary N) is 3. The number of carbonyl (C=O) groups is 6. The summed E-state index contributed by atoms with van der Waals surface area (Å²) in [5.41, 5.74) is 21.6. The molecule has 0 aliphatic heterocycles. The van der Waals surface area contributed by atoms with Crippen LogP contribution in [0.2, 0.25) is 0 Å². The van der Waals surface area contributed by atoms with Crippen LogP contribution >= 0.6 is 0 Å². The summed E-state index contributed by atoms with van der Waals surface area (Å²) in [5.74, 6) is -5.52. The van der Waals surface area contributed by atoms with E-state index in [-0.39, 0.29) is 25.7 Å². The summed E-state index contributed by atoms with van der Waals surface area (Å²) in [4.78, 5) is 72.1. The average Bonchev–Trinajstić information content (AvgIpc) is 2.76. The van der Waals surface area contributed by atoms with E-state index >= 15 is 0 Å². The molecule has 200 valence electrons. The zero-order chi connectivity index (χ0) is 27.1. The van der Waals surface area contributed by atoms with Crippen molar-refractivity contribution in [1.29, 1.82) is 0 Å². The number of primary amides is 2. The van der Waals surface area contributed by atoms with Gasteiger partial charge in [0.1, 0.15) is 18.1 Å². The Hall–Kier alpha value is -3.26. The first-order chi connectivity index (χ1) is 16.3. The van der Waals surface area contributed by atoms with Crippen LogP contribution in [0.25, 0.3) is 0 Å². The van der Waals surface area contributed by atoms with Crippen molar-refractivity contribution >= 4 is 35.5 Å². The fourth-order valence-electron chi connectivity index (χ4n) is 3.07. The van der Waals surface area contributed by atoms with E-state index in [4.69, 9.17) is 22.9 Å². The van der Waals surface area contributed by atoms with Gasteiger partial charge in [-0.15, -0.1) is 0 Å². The highest BCUT2D eigenvalue weighted by Gasteiger charge is 2.31. The average molecular weight is 502 g/mol. The number of hydrogen-bond donors (Lipinski definition) is 8. The Morgan fingerprint density at radius 3 is 1.60 bits per heavy atom. The quantitative estimate of drug-likeness (QED) is 0.0898. The van der Waals surface area contributed by atoms with Crippen molar-refractivity contribution in [3.05, 3.63) is 0 Å². The molecule has 0 saturated carbocycles. The molecule has 0 aliphatic rings. The van der Waals surface area contributed by atoms with Crippen molar-refractivity contribution < 1.29 is 33.9 Å². The zero-order valence-electron chi connectivity index (χ0n) is 20.2. The van der Waals surface area contributed by atoms with Crippen LogP contribution in [0, 0.1) is 5.92 Å². The molecule has 14 heteroatoms. The van der Waals surface area contributed by atoms with Gasteiger partial charge in [-0.2, -0.15) is 0 Å². The summed E-state index contributed by atoms with van der Waals surface area (Å²) in [5, 5.41) is 16.5. The lowest BCUT2D eigenvalue weighted by molar-refractivity contribution is -0.143. The first-order valence-corrected chi connectivity index (χ1v) is 11.5. The Morgan fingerprint density at radius 1 is 0.743 bits per heavy atom. The molecule has 12 N–H and O–H groups in total. The van der Waals surface area contributed by atoms with Gasteiger partial charge in [0.2, 0.25) is 29.5 Å². The lowest BCUT2D eigenvalue weighted by Gasteiger charge is -2.26. The van der Waals surface area contributed by atoms with E-state index in [1.165, 1.54) is 0 Å². The lowest BCUT2D eigenvalue weighted by atomic mass is 10.0. The summed E-state index contributed by atoms with van der Waals surface area (Å²) < 4.78 is 0. The van der Waals surface area contributed by atoms with Crippen molar-refractivity contribution in [2.45, 2.75) is 83.0 Å². The summed E-state index contributed by atoms with van der Waals surface area (Å²) >= 11 is 0. The molecule has 0 heterocycles. The van der Waals surface area contributed by atoms with Crippen molar-refractivity contribution in [3.63, 3.8) is 0 Å². The smallest absolute Gasteiger partial charge is 0.326 e. The van der Waals surface area contributed by atoms with Gasteiger partial charge in [-0.05, 0) is 38.1 Å². The first-order valence-electron chi connectivity index (χ1n) is 11.5. The van der Waals surface area contributed by atoms with E-state index < -0.39 is 65.6 Å². The van der Waals surface area contributed by atoms with Crippen LogP contribution in [-0.4, -0.2) is 71.3 Å². The van der Waals surface area contributed by atoms with Gasteiger partial charge >= 0.3 is 5.97 Å². The molecule has 0 bridgehead atoms. The van der Waals surface area contributed by atoms with Crippen LogP contribution in [0.4, 0.5) is 0 Å². The predicted octanol–water partition coefficient (Wildman–Crippen LogP) is -2.83. The maximum Gasteiger partial charge on any atom is 0.326 e. The van der Waals surface area contributed by atoms with E-state index in [0.717, 1.165) is 0 Å². The van der Waals surface area contributed by atoms with Crippen LogP contribution in [-0.2, 0) is 28.8 Å². The molecular weight excluding hydrogens is 462 g/mol. The second-order valence-electron chi connectivity index (χ2n) is 8.59. The van der Waals surface area contributed by atoms with Gasteiger partial charge in [0.15, 0.2) is 0 Å². The Kier molecular flexibility index (Phi) is 14.9. The summed E-state index contributed by atoms with van der Waals surface area (Å²) in [6, 6.07) is -4.77. The molecule has 4 unspecified atom stereocenters. The molecule has 0 aromatic rings. The first kappa shape index (κ1) is 31.7. The standard InChI is InChI=1S/C21H39N7O7/c1-11(2)17(21(34)35)28-20(33)14(7-9-16(25)30)27-19(32)13(6-8-15(24)29)26-18(31)12(23)5-3-4-10-22/h11-14,17H,3-10,22-23H2,1-2H3,(H2,24,29)(H2,25,30)(H,26,31)(H,27,32)(H,28,33)(H,34,35). The van der Waals surface area contributed by atoms with Crippen molar-refractivity contribution in [2.75, 3.05) is 6.54 Å². The highest BCUT2D eigenvalue weighted by Crippen LogP contribution is 2.07. The molecule has 4 atom stereocenters. The molecule has 5 amide bonds. The van der Waals surface area contributed by atoms with Gasteiger partial charge in [0.05, 0.1) is 6.04 Å². The van der Waals surface area contributed by atoms with Gasteiger partial charge in [-0.3, -0.25) is 24.0 Å². The minimum atomic E-state index is -1.33. The summed E-state index contributed by atoms with van der Waals surface area (Å²) in [6.07, 6.45) is 0.678. The second kappa shape index (κ2) is 16.4. The van der Waals surface area contributed by atoms with Gasteiger partial charge in [-0.25, -0.2) is 4.79 Å². The molecule has 0 aromatic carbocycles. The number of nitrogens with two attached hydrogens (primary N) is 4. The number of carboxylic acid groups (broad SMARTS) is 1. The Balaban J connectivity index is 5.55. The molecule has 0 fully saturated rings. The fraction of sp³-hybridized carbons (Fsp3) is 0.714. The molecule has 14 nitrogen and oxygen atoms in total. The van der Waals surface area contributed by atoms with E-state index in [1.807, 2.05) is 0 Å². The Labute approximate surface area is 204 Å². The topological polar surface area (TPSA) is 263 Å². The van der Waals surface area contributed by atoms with Gasteiger partial charge in [-0.1, -0.05) is 20.3 Å². The van der Waals surface area contributed by atoms with Gasteiger partial charge < -0.3 is 44.0 Å². The third-order valence-electron chi connectivity index (χ3n) is 5.16. The summed E-state index contributed by atoms with van der Waals surface area (Å²) in [7, 11) is 0. The number of rotatable bonds is 18. The molecule has 35 heavy (non-hydrogen) atoms. The fourth-order valence-corrected chi connectivity index (χ4v) is 3.07. The van der Waals surface area contributed by atoms with E-state index in [2.05, 4.69) is 16.0 Å². The molecule has 0 radical (unpaired) electrons. The van der Waals surface area contributed by atoms with Crippen molar-refractivity contribution in [2.24, 2.45) is 28.9 Å². The number of carbonyl (C=O) groups excluding carboxylic acids is 5. The third-order valence-corrected chi connectivity index (χ3v) is 5.16. The van der Waals surface area contributed by atoms with E-state index in [9.17, 15) is 33.9 Å². The molecule has 0 aliphatic carbocycles. The highest BCUT2D eigenvalue weighted by atomic mass is 16.4. The van der Waals surface area contributed by atoms with Crippen LogP contribution in [0.1, 0.15) is 58.8 Å². The largest absolute Gasteiger partial charge is 0.480 e. The molecule has 0 spiro atoms. The predicted molar refractivity (Wildman–Crippen MR) is 126 cm³/mol. The number of unbranched alkanes of at least 4 members (excludes halogenated alkanes) is 1. The molecule has 0 rings (SSSR count). The van der Waals surface area contributed by atoms with Crippen LogP contribution < -0.4 is 38.9 Å². The third kappa shape index (κ3) is 13.3. The highest BCUT2D eigenvalue weighted by molar-refractivity contribution is 5.94. The number of amides is 5. The zero-order valence-corrected chi connectivity index (χ0v) is 20.2. The van der Waals surface area contributed by atoms with Crippen molar-refractivity contribution in [3.8, 4) is 0 Å². The maximum absolute atomic E-state index is 12.9. The molecule has 0 saturated heterocycles. The van der Waals surface area contributed by atoms with E-state index in [0.29, 0.717) is 25.8 Å². The normalized spacial score (nSPS) is 14.3. The van der Waals surface area contributed by atoms with Gasteiger partial charge in [0.25, 0.3) is 0 Å². The number of hydrogen-bond acceptors (Lipinski definition) is 8. The van der Waals surface area contributed by atoms with Crippen LogP contribution in [0.3, 0.4) is 0 Å². The maximum atomic E-state index is 12.9. The Bertz CT molecular complexity index is 760. The molecular formula is C21H39N7O7. The SMILES string of the molecule is CC(C)C(NC(=O)C(CCC(N)=O)NC(=O)C(CCC(N)=O)NC(=O)C(N)CCCCN)C(=O)O. The number of aliphatic carboxylic acids is 1. The van der Waals surface area contributed by atoms with Crippen LogP contribution in [0.5, 0.6) is 0 Å². The number of carboxylic acids is 1. The second-order valence-corrected chi connectivity index (χ2v) is 8.59. The minimum Gasteiger partial charge on any atom is -0.480 e. The monoisotopic (exact) mass is 501 g/mol. The van der Waals surface area contributed by atoms with Crippen molar-refractivity contribution in [1.82, 2.24) is 16.0 Å².